The molecule has 0 radical (unpaired) electrons. The number of carboxylic acids is 1. The van der Waals surface area contributed by atoms with E-state index < -0.39 is 24.3 Å². The lowest BCUT2D eigenvalue weighted by molar-refractivity contribution is -0.870. The maximum absolute atomic E-state index is 12.9. The van der Waals surface area contributed by atoms with Gasteiger partial charge in [-0.25, -0.2) is 0 Å². The highest BCUT2D eigenvalue weighted by molar-refractivity contribution is 5.70. The van der Waals surface area contributed by atoms with E-state index in [0.717, 1.165) is 64.2 Å². The largest absolute Gasteiger partial charge is 0.545 e. The summed E-state index contributed by atoms with van der Waals surface area (Å²) >= 11 is 0. The highest BCUT2D eigenvalue weighted by Gasteiger charge is 2.22. The molecule has 0 aliphatic heterocycles. The fraction of sp³-hybridized carbons (Fsp3) is 0.831. The minimum Gasteiger partial charge on any atom is -0.545 e. The van der Waals surface area contributed by atoms with Gasteiger partial charge < -0.3 is 33.3 Å². The molecule has 2 atom stereocenters. The molecule has 9 nitrogen and oxygen atoms in total. The number of esters is 2. The Hall–Kier alpha value is -3.01. The van der Waals surface area contributed by atoms with Crippen LogP contribution in [-0.2, 0) is 33.3 Å². The molecule has 0 amide bonds. The van der Waals surface area contributed by atoms with E-state index in [4.69, 9.17) is 18.9 Å². The summed E-state index contributed by atoms with van der Waals surface area (Å²) < 4.78 is 22.8. The first-order valence-corrected chi connectivity index (χ1v) is 36.9. The van der Waals surface area contributed by atoms with Crippen LogP contribution < -0.4 is 5.11 Å². The summed E-state index contributed by atoms with van der Waals surface area (Å²) in [5, 5.41) is 11.8. The van der Waals surface area contributed by atoms with Crippen molar-refractivity contribution < 1.29 is 42.9 Å². The summed E-state index contributed by atoms with van der Waals surface area (Å²) in [6.45, 7) is 4.70. The molecule has 86 heavy (non-hydrogen) atoms. The Bertz CT molecular complexity index is 1600. The molecule has 9 heteroatoms. The minimum atomic E-state index is -1.62. The van der Waals surface area contributed by atoms with Crippen LogP contribution in [0.25, 0.3) is 0 Å². The van der Waals surface area contributed by atoms with Gasteiger partial charge in [0.25, 0.3) is 0 Å². The first-order valence-electron chi connectivity index (χ1n) is 36.9. The van der Waals surface area contributed by atoms with Gasteiger partial charge in [0.15, 0.2) is 12.4 Å². The molecule has 0 saturated heterocycles. The summed E-state index contributed by atoms with van der Waals surface area (Å²) in [6, 6.07) is 0. The second-order valence-electron chi connectivity index (χ2n) is 26.2. The van der Waals surface area contributed by atoms with Crippen LogP contribution in [0.15, 0.2) is 60.8 Å². The van der Waals surface area contributed by atoms with Crippen LogP contribution in [0, 0.1) is 0 Å². The van der Waals surface area contributed by atoms with Gasteiger partial charge >= 0.3 is 11.9 Å². The molecule has 0 spiro atoms. The molecule has 0 fully saturated rings. The van der Waals surface area contributed by atoms with E-state index in [1.165, 1.54) is 257 Å². The van der Waals surface area contributed by atoms with E-state index >= 15 is 0 Å². The second-order valence-corrected chi connectivity index (χ2v) is 26.2. The Kier molecular flexibility index (Phi) is 65.5. The highest BCUT2D eigenvalue weighted by atomic mass is 16.7. The van der Waals surface area contributed by atoms with Gasteiger partial charge in [-0.05, 0) is 57.8 Å². The van der Waals surface area contributed by atoms with Crippen LogP contribution in [0.4, 0.5) is 0 Å². The van der Waals surface area contributed by atoms with E-state index in [2.05, 4.69) is 74.6 Å². The van der Waals surface area contributed by atoms with Crippen molar-refractivity contribution in [3.63, 3.8) is 0 Å². The topological polar surface area (TPSA) is 111 Å². The Balaban J connectivity index is 4.03. The smallest absolute Gasteiger partial charge is 0.306 e. The first-order chi connectivity index (χ1) is 42.1. The number of likely N-dealkylation sites (N-methyl/N-ethyl adjacent to an activating group) is 1. The van der Waals surface area contributed by atoms with Gasteiger partial charge in [-0.3, -0.25) is 9.59 Å². The zero-order valence-electron chi connectivity index (χ0n) is 57.4. The SMILES string of the molecule is CC/C=C\C/C=C\C/C=C\C/C=C\C/C=C\CCCCCCCCCCCCCCCCCCCCCC(=O)OC(COC(=O)CCCCCCCCCCCCCCCCCCCCCCCCCCCC)COC(OCC[N+](C)(C)C)C(=O)[O-]. The Morgan fingerprint density at radius 3 is 0.988 bits per heavy atom. The van der Waals surface area contributed by atoms with E-state index in [0.29, 0.717) is 23.9 Å². The lowest BCUT2D eigenvalue weighted by atomic mass is 10.0. The van der Waals surface area contributed by atoms with E-state index in [-0.39, 0.29) is 32.2 Å². The van der Waals surface area contributed by atoms with Crippen LogP contribution in [-0.4, -0.2) is 82.3 Å². The number of nitrogens with zero attached hydrogens (tertiary/aromatic N) is 1. The van der Waals surface area contributed by atoms with Gasteiger partial charge in [-0.15, -0.1) is 0 Å². The molecule has 0 aromatic heterocycles. The Morgan fingerprint density at radius 2 is 0.663 bits per heavy atom. The quantitative estimate of drug-likeness (QED) is 0.0195. The lowest BCUT2D eigenvalue weighted by Gasteiger charge is -2.26. The number of carboxylic acid groups (broad SMARTS) is 1. The van der Waals surface area contributed by atoms with Crippen LogP contribution in [0.3, 0.4) is 0 Å². The summed E-state index contributed by atoms with van der Waals surface area (Å²) in [5.74, 6) is -2.25. The highest BCUT2D eigenvalue weighted by Crippen LogP contribution is 2.19. The molecule has 0 aromatic carbocycles. The van der Waals surface area contributed by atoms with Crippen LogP contribution in [0.5, 0.6) is 0 Å². The molecular weight excluding hydrogens is 1070 g/mol. The van der Waals surface area contributed by atoms with E-state index in [1.807, 2.05) is 21.1 Å². The summed E-state index contributed by atoms with van der Waals surface area (Å²) in [5.41, 5.74) is 0. The average molecular weight is 1210 g/mol. The molecular formula is C77H141NO8. The zero-order chi connectivity index (χ0) is 62.6. The van der Waals surface area contributed by atoms with Crippen LogP contribution in [0.2, 0.25) is 0 Å². The molecule has 0 aliphatic carbocycles. The third kappa shape index (κ3) is 68.5. The maximum atomic E-state index is 12.9. The standard InChI is InChI=1S/C77H141NO8/c1-6-8-10-12-14-16-18-20-22-24-26-28-30-32-34-35-36-37-38-39-40-41-42-44-46-48-50-52-54-56-58-60-62-64-66-68-75(80)86-73(72-85-77(76(81)82)83-70-69-78(3,4)5)71-84-74(79)67-65-63-61-59-57-55-53-51-49-47-45-43-33-31-29-27-25-23-21-19-17-15-13-11-9-7-2/h8,10,14,16,20,22,26,28,32,34,73,77H,6-7,9,11-13,15,17-19,21,23-25,27,29-31,33,35-72H2,1-5H3/b10-8-,16-14-,22-20-,28-26-,34-32-. The van der Waals surface area contributed by atoms with E-state index in [1.54, 1.807) is 0 Å². The number of quaternary nitrogens is 1. The molecule has 2 unspecified atom stereocenters. The first kappa shape index (κ1) is 83.0. The van der Waals surface area contributed by atoms with Gasteiger partial charge in [0, 0.05) is 12.8 Å². The zero-order valence-corrected chi connectivity index (χ0v) is 57.4. The molecule has 0 N–H and O–H groups in total. The average Bonchev–Trinajstić information content (AvgIpc) is 3.64. The van der Waals surface area contributed by atoms with Crippen molar-refractivity contribution in [2.24, 2.45) is 0 Å². The number of aliphatic carboxylic acids is 1. The maximum Gasteiger partial charge on any atom is 0.306 e. The van der Waals surface area contributed by atoms with Crippen molar-refractivity contribution in [2.75, 3.05) is 47.5 Å². The van der Waals surface area contributed by atoms with Crippen molar-refractivity contribution >= 4 is 17.9 Å². The molecule has 0 rings (SSSR count). The second kappa shape index (κ2) is 67.9. The number of ether oxygens (including phenoxy) is 4. The van der Waals surface area contributed by atoms with Gasteiger partial charge in [0.2, 0.25) is 0 Å². The summed E-state index contributed by atoms with van der Waals surface area (Å²) in [4.78, 5) is 37.5. The Morgan fingerprint density at radius 1 is 0.360 bits per heavy atom. The fourth-order valence-corrected chi connectivity index (χ4v) is 10.9. The third-order valence-corrected chi connectivity index (χ3v) is 16.5. The van der Waals surface area contributed by atoms with Crippen molar-refractivity contribution in [1.29, 1.82) is 0 Å². The summed E-state index contributed by atoms with van der Waals surface area (Å²) in [7, 11) is 5.94. The van der Waals surface area contributed by atoms with Gasteiger partial charge in [-0.2, -0.15) is 0 Å². The molecule has 0 saturated carbocycles. The number of allylic oxidation sites excluding steroid dienone is 10. The predicted molar refractivity (Wildman–Crippen MR) is 366 cm³/mol. The number of hydrogen-bond acceptors (Lipinski definition) is 8. The molecule has 0 bridgehead atoms. The molecule has 0 heterocycles. The van der Waals surface area contributed by atoms with Gasteiger partial charge in [0.05, 0.1) is 40.3 Å². The van der Waals surface area contributed by atoms with Crippen molar-refractivity contribution in [1.82, 2.24) is 0 Å². The van der Waals surface area contributed by atoms with Gasteiger partial charge in [-0.1, -0.05) is 344 Å². The third-order valence-electron chi connectivity index (χ3n) is 16.5. The lowest BCUT2D eigenvalue weighted by Crippen LogP contribution is -2.44. The van der Waals surface area contributed by atoms with E-state index in [9.17, 15) is 19.5 Å². The van der Waals surface area contributed by atoms with Crippen LogP contribution >= 0.6 is 0 Å². The van der Waals surface area contributed by atoms with Crippen molar-refractivity contribution in [2.45, 2.75) is 367 Å². The van der Waals surface area contributed by atoms with Crippen LogP contribution in [0.1, 0.15) is 354 Å². The monoisotopic (exact) mass is 1210 g/mol. The molecule has 0 aliphatic rings. The molecule has 502 valence electrons. The number of carbonyl (C=O) groups is 3. The summed E-state index contributed by atoms with van der Waals surface area (Å²) in [6.07, 6.45) is 86.1. The minimum absolute atomic E-state index is 0.150. The normalized spacial score (nSPS) is 13.0. The number of hydrogen-bond donors (Lipinski definition) is 0. The van der Waals surface area contributed by atoms with Crippen molar-refractivity contribution in [3.05, 3.63) is 60.8 Å². The number of rotatable bonds is 69. The number of unbranched alkanes of at least 4 members (excludes halogenated alkanes) is 44. The predicted octanol–water partition coefficient (Wildman–Crippen LogP) is 21.8. The van der Waals surface area contributed by atoms with Gasteiger partial charge in [0.1, 0.15) is 13.2 Å². The Labute approximate surface area is 533 Å². The molecule has 0 aromatic rings. The fourth-order valence-electron chi connectivity index (χ4n) is 10.9. The number of carbonyl (C=O) groups excluding carboxylic acids is 3. The van der Waals surface area contributed by atoms with Crippen molar-refractivity contribution in [3.8, 4) is 0 Å².